The summed E-state index contributed by atoms with van der Waals surface area (Å²) in [6, 6.07) is 18.1. The van der Waals surface area contributed by atoms with Gasteiger partial charge in [-0.3, -0.25) is 14.5 Å². The number of hydrogen-bond donors (Lipinski definition) is 1. The molecule has 2 fully saturated rings. The number of nitrogens with one attached hydrogen (secondary N) is 1. The van der Waals surface area contributed by atoms with Crippen molar-refractivity contribution < 1.29 is 9.59 Å². The van der Waals surface area contributed by atoms with Crippen molar-refractivity contribution >= 4 is 39.1 Å². The van der Waals surface area contributed by atoms with Gasteiger partial charge in [0.2, 0.25) is 11.8 Å². The summed E-state index contributed by atoms with van der Waals surface area (Å²) in [4.78, 5) is 31.5. The molecule has 1 unspecified atom stereocenters. The van der Waals surface area contributed by atoms with Crippen LogP contribution >= 0.6 is 15.9 Å². The van der Waals surface area contributed by atoms with E-state index in [1.54, 1.807) is 4.90 Å². The van der Waals surface area contributed by atoms with E-state index in [1.165, 1.54) is 5.69 Å². The van der Waals surface area contributed by atoms with Gasteiger partial charge in [-0.2, -0.15) is 0 Å². The first-order valence-electron chi connectivity index (χ1n) is 10.5. The number of piperazine rings is 1. The molecule has 0 saturated carbocycles. The molecule has 6 nitrogen and oxygen atoms in total. The van der Waals surface area contributed by atoms with E-state index in [9.17, 15) is 9.59 Å². The van der Waals surface area contributed by atoms with Crippen LogP contribution in [0.25, 0.3) is 0 Å². The van der Waals surface area contributed by atoms with Gasteiger partial charge in [0.15, 0.2) is 0 Å². The van der Waals surface area contributed by atoms with Gasteiger partial charge in [-0.15, -0.1) is 0 Å². The second-order valence-corrected chi connectivity index (χ2v) is 8.67. The molecule has 0 aliphatic carbocycles. The Labute approximate surface area is 186 Å². The molecule has 2 aliphatic rings. The Kier molecular flexibility index (Phi) is 6.69. The summed E-state index contributed by atoms with van der Waals surface area (Å²) >= 11 is 3.49. The molecule has 2 amide bonds. The average Bonchev–Trinajstić information content (AvgIpc) is 3.17. The first-order chi connectivity index (χ1) is 14.6. The lowest BCUT2D eigenvalue weighted by molar-refractivity contribution is -0.126. The Hall–Kier alpha value is -2.38. The van der Waals surface area contributed by atoms with E-state index in [0.717, 1.165) is 42.9 Å². The van der Waals surface area contributed by atoms with Gasteiger partial charge in [0, 0.05) is 62.4 Å². The van der Waals surface area contributed by atoms with Gasteiger partial charge < -0.3 is 15.1 Å². The van der Waals surface area contributed by atoms with E-state index >= 15 is 0 Å². The molecule has 30 heavy (non-hydrogen) atoms. The number of rotatable bonds is 6. The highest BCUT2D eigenvalue weighted by Gasteiger charge is 2.35. The molecule has 2 aromatic rings. The van der Waals surface area contributed by atoms with Gasteiger partial charge >= 0.3 is 0 Å². The molecule has 2 aromatic carbocycles. The third-order valence-electron chi connectivity index (χ3n) is 5.86. The van der Waals surface area contributed by atoms with Crippen molar-refractivity contribution in [2.24, 2.45) is 5.92 Å². The minimum Gasteiger partial charge on any atom is -0.369 e. The molecule has 1 atom stereocenters. The molecule has 158 valence electrons. The quantitative estimate of drug-likeness (QED) is 0.704. The van der Waals surface area contributed by atoms with E-state index in [2.05, 4.69) is 55.3 Å². The van der Waals surface area contributed by atoms with Crippen LogP contribution in [0.2, 0.25) is 0 Å². The van der Waals surface area contributed by atoms with Gasteiger partial charge in [-0.25, -0.2) is 0 Å². The predicted molar refractivity (Wildman–Crippen MR) is 123 cm³/mol. The number of para-hydroxylation sites is 2. The Bertz CT molecular complexity index is 884. The van der Waals surface area contributed by atoms with E-state index in [-0.39, 0.29) is 24.2 Å². The number of halogens is 1. The van der Waals surface area contributed by atoms with E-state index in [0.29, 0.717) is 13.1 Å². The van der Waals surface area contributed by atoms with Crippen LogP contribution in [0.3, 0.4) is 0 Å². The summed E-state index contributed by atoms with van der Waals surface area (Å²) < 4.78 is 0.869. The molecule has 1 N–H and O–H groups in total. The molecule has 2 heterocycles. The standard InChI is InChI=1S/C23H27BrN4O2/c24-20-8-4-5-9-21(20)28-17-18(16-22(28)29)23(30)25-10-11-26-12-14-27(15-13-26)19-6-2-1-3-7-19/h1-9,18H,10-17H2,(H,25,30). The van der Waals surface area contributed by atoms with E-state index < -0.39 is 0 Å². The summed E-state index contributed by atoms with van der Waals surface area (Å²) in [7, 11) is 0. The zero-order valence-corrected chi connectivity index (χ0v) is 18.6. The van der Waals surface area contributed by atoms with Gasteiger partial charge in [0.05, 0.1) is 11.6 Å². The summed E-state index contributed by atoms with van der Waals surface area (Å²) in [5.41, 5.74) is 2.10. The number of carbonyl (C=O) groups is 2. The van der Waals surface area contributed by atoms with E-state index in [4.69, 9.17) is 0 Å². The highest BCUT2D eigenvalue weighted by atomic mass is 79.9. The number of nitrogens with zero attached hydrogens (tertiary/aromatic N) is 3. The second-order valence-electron chi connectivity index (χ2n) is 7.81. The second kappa shape index (κ2) is 9.62. The van der Waals surface area contributed by atoms with Crippen LogP contribution in [0.4, 0.5) is 11.4 Å². The van der Waals surface area contributed by atoms with Crippen LogP contribution in [0.15, 0.2) is 59.1 Å². The van der Waals surface area contributed by atoms with E-state index in [1.807, 2.05) is 30.3 Å². The van der Waals surface area contributed by atoms with Crippen molar-refractivity contribution in [2.45, 2.75) is 6.42 Å². The number of hydrogen-bond acceptors (Lipinski definition) is 4. The maximum Gasteiger partial charge on any atom is 0.227 e. The molecule has 2 aliphatic heterocycles. The topological polar surface area (TPSA) is 55.9 Å². The molecule has 2 saturated heterocycles. The molecule has 7 heteroatoms. The fourth-order valence-corrected chi connectivity index (χ4v) is 4.64. The van der Waals surface area contributed by atoms with Crippen LogP contribution < -0.4 is 15.1 Å². The molecular weight excluding hydrogens is 444 g/mol. The highest BCUT2D eigenvalue weighted by molar-refractivity contribution is 9.10. The van der Waals surface area contributed by atoms with Crippen LogP contribution in [-0.2, 0) is 9.59 Å². The average molecular weight is 471 g/mol. The minimum absolute atomic E-state index is 0.000848. The third-order valence-corrected chi connectivity index (χ3v) is 6.53. The zero-order valence-electron chi connectivity index (χ0n) is 17.0. The smallest absolute Gasteiger partial charge is 0.227 e. The highest BCUT2D eigenvalue weighted by Crippen LogP contribution is 2.31. The molecule has 0 spiro atoms. The molecule has 0 bridgehead atoms. The lowest BCUT2D eigenvalue weighted by atomic mass is 10.1. The maximum absolute atomic E-state index is 12.6. The van der Waals surface area contributed by atoms with Crippen molar-refractivity contribution in [1.29, 1.82) is 0 Å². The van der Waals surface area contributed by atoms with Crippen molar-refractivity contribution in [2.75, 3.05) is 55.6 Å². The fourth-order valence-electron chi connectivity index (χ4n) is 4.14. The van der Waals surface area contributed by atoms with Gasteiger partial charge in [0.25, 0.3) is 0 Å². The lowest BCUT2D eigenvalue weighted by Gasteiger charge is -2.36. The van der Waals surface area contributed by atoms with Gasteiger partial charge in [-0.1, -0.05) is 30.3 Å². The summed E-state index contributed by atoms with van der Waals surface area (Å²) in [5.74, 6) is -0.320. The predicted octanol–water partition coefficient (Wildman–Crippen LogP) is 2.74. The van der Waals surface area contributed by atoms with Crippen LogP contribution in [0.5, 0.6) is 0 Å². The van der Waals surface area contributed by atoms with Crippen LogP contribution in [0.1, 0.15) is 6.42 Å². The van der Waals surface area contributed by atoms with Crippen molar-refractivity contribution in [3.05, 3.63) is 59.1 Å². The number of amides is 2. The summed E-state index contributed by atoms with van der Waals surface area (Å²) in [6.45, 7) is 5.85. The number of benzene rings is 2. The molecular formula is C23H27BrN4O2. The van der Waals surface area contributed by atoms with Crippen molar-refractivity contribution in [3.63, 3.8) is 0 Å². The third kappa shape index (κ3) is 4.84. The normalized spacial score (nSPS) is 19.9. The van der Waals surface area contributed by atoms with Crippen molar-refractivity contribution in [1.82, 2.24) is 10.2 Å². The number of carbonyl (C=O) groups excluding carboxylic acids is 2. The summed E-state index contributed by atoms with van der Waals surface area (Å²) in [5, 5.41) is 3.04. The minimum atomic E-state index is -0.292. The Balaban J connectivity index is 1.20. The largest absolute Gasteiger partial charge is 0.369 e. The SMILES string of the molecule is O=C(NCCN1CCN(c2ccccc2)CC1)C1CC(=O)N(c2ccccc2Br)C1. The van der Waals surface area contributed by atoms with Gasteiger partial charge in [0.1, 0.15) is 0 Å². The van der Waals surface area contributed by atoms with Crippen LogP contribution in [0, 0.1) is 5.92 Å². The Morgan fingerprint density at radius 2 is 1.70 bits per heavy atom. The van der Waals surface area contributed by atoms with Crippen LogP contribution in [-0.4, -0.2) is 62.5 Å². The van der Waals surface area contributed by atoms with Crippen molar-refractivity contribution in [3.8, 4) is 0 Å². The van der Waals surface area contributed by atoms with Gasteiger partial charge in [-0.05, 0) is 40.2 Å². The monoisotopic (exact) mass is 470 g/mol. The molecule has 0 radical (unpaired) electrons. The first kappa shape index (κ1) is 20.9. The summed E-state index contributed by atoms with van der Waals surface area (Å²) in [6.07, 6.45) is 0.267. The number of anilines is 2. The zero-order chi connectivity index (χ0) is 20.9. The Morgan fingerprint density at radius 1 is 1.00 bits per heavy atom. The molecule has 4 rings (SSSR count). The fraction of sp³-hybridized carbons (Fsp3) is 0.391. The molecule has 0 aromatic heterocycles. The Morgan fingerprint density at radius 3 is 2.43 bits per heavy atom. The maximum atomic E-state index is 12.6. The lowest BCUT2D eigenvalue weighted by Crippen LogP contribution is -2.48. The first-order valence-corrected chi connectivity index (χ1v) is 11.3.